The Balaban J connectivity index is 3.41. The Bertz CT molecular complexity index is 379. The number of nitro benzene ring substituents is 2. The molecule has 0 spiro atoms. The van der Waals surface area contributed by atoms with Gasteiger partial charge in [-0.05, 0) is 6.92 Å². The van der Waals surface area contributed by atoms with E-state index in [-0.39, 0.29) is 22.0 Å². The van der Waals surface area contributed by atoms with Crippen LogP contribution in [-0.4, -0.2) is 9.85 Å². The van der Waals surface area contributed by atoms with Crippen LogP contribution in [-0.2, 0) is 0 Å². The molecular formula is C7H5ClN2O4. The average Bonchev–Trinajstić information content (AvgIpc) is 2.08. The van der Waals surface area contributed by atoms with E-state index in [4.69, 9.17) is 11.6 Å². The molecule has 74 valence electrons. The molecule has 0 aromatic heterocycles. The van der Waals surface area contributed by atoms with Crippen LogP contribution >= 0.6 is 11.6 Å². The molecule has 0 amide bonds. The van der Waals surface area contributed by atoms with Crippen LogP contribution in [0.15, 0.2) is 12.1 Å². The summed E-state index contributed by atoms with van der Waals surface area (Å²) in [6.45, 7) is 1.37. The summed E-state index contributed by atoms with van der Waals surface area (Å²) in [6.07, 6.45) is 0. The van der Waals surface area contributed by atoms with Gasteiger partial charge in [0, 0.05) is 12.1 Å². The van der Waals surface area contributed by atoms with Crippen LogP contribution in [0.1, 0.15) is 5.56 Å². The Morgan fingerprint density at radius 1 is 1.14 bits per heavy atom. The van der Waals surface area contributed by atoms with Crippen molar-refractivity contribution in [1.82, 2.24) is 0 Å². The molecule has 0 fully saturated rings. The predicted octanol–water partition coefficient (Wildman–Crippen LogP) is 2.46. The van der Waals surface area contributed by atoms with Gasteiger partial charge >= 0.3 is 0 Å². The van der Waals surface area contributed by atoms with Gasteiger partial charge in [0.2, 0.25) is 0 Å². The highest BCUT2D eigenvalue weighted by Gasteiger charge is 2.21. The molecule has 6 nitrogen and oxygen atoms in total. The van der Waals surface area contributed by atoms with Crippen molar-refractivity contribution in [2.24, 2.45) is 0 Å². The Labute approximate surface area is 83.4 Å². The summed E-state index contributed by atoms with van der Waals surface area (Å²) in [4.78, 5) is 19.5. The van der Waals surface area contributed by atoms with E-state index in [2.05, 4.69) is 0 Å². The van der Waals surface area contributed by atoms with Crippen LogP contribution in [0.3, 0.4) is 0 Å². The minimum Gasteiger partial charge on any atom is -0.258 e. The van der Waals surface area contributed by atoms with Gasteiger partial charge < -0.3 is 0 Å². The van der Waals surface area contributed by atoms with Gasteiger partial charge in [0.1, 0.15) is 5.02 Å². The highest BCUT2D eigenvalue weighted by atomic mass is 35.5. The number of nitrogens with zero attached hydrogens (tertiary/aromatic N) is 2. The van der Waals surface area contributed by atoms with Gasteiger partial charge in [0.25, 0.3) is 11.4 Å². The summed E-state index contributed by atoms with van der Waals surface area (Å²) in [5.41, 5.74) is -0.443. The molecule has 0 radical (unpaired) electrons. The first-order valence-corrected chi connectivity index (χ1v) is 3.91. The first-order chi connectivity index (χ1) is 6.45. The third kappa shape index (κ3) is 1.64. The zero-order valence-corrected chi connectivity index (χ0v) is 7.82. The summed E-state index contributed by atoms with van der Waals surface area (Å²) >= 11 is 5.59. The molecule has 0 bridgehead atoms. The first kappa shape index (κ1) is 10.4. The molecule has 0 saturated carbocycles. The van der Waals surface area contributed by atoms with Crippen LogP contribution < -0.4 is 0 Å². The van der Waals surface area contributed by atoms with E-state index < -0.39 is 9.85 Å². The summed E-state index contributed by atoms with van der Waals surface area (Å²) in [5, 5.41) is 20.6. The van der Waals surface area contributed by atoms with Gasteiger partial charge in [-0.15, -0.1) is 0 Å². The number of hydrogen-bond acceptors (Lipinski definition) is 4. The van der Waals surface area contributed by atoms with E-state index in [1.807, 2.05) is 0 Å². The summed E-state index contributed by atoms with van der Waals surface area (Å²) in [5.74, 6) is 0. The molecule has 14 heavy (non-hydrogen) atoms. The lowest BCUT2D eigenvalue weighted by molar-refractivity contribution is -0.389. The number of nitro groups is 2. The van der Waals surface area contributed by atoms with Crippen molar-refractivity contribution in [2.75, 3.05) is 0 Å². The topological polar surface area (TPSA) is 86.3 Å². The van der Waals surface area contributed by atoms with Crippen molar-refractivity contribution in [1.29, 1.82) is 0 Å². The second-order valence-corrected chi connectivity index (χ2v) is 2.93. The Morgan fingerprint density at radius 3 is 2.00 bits per heavy atom. The maximum atomic E-state index is 10.4. The average molecular weight is 217 g/mol. The Morgan fingerprint density at radius 2 is 1.57 bits per heavy atom. The molecule has 0 aliphatic carbocycles. The van der Waals surface area contributed by atoms with Gasteiger partial charge in [0.05, 0.1) is 15.4 Å². The first-order valence-electron chi connectivity index (χ1n) is 3.53. The lowest BCUT2D eigenvalue weighted by Gasteiger charge is -1.99. The van der Waals surface area contributed by atoms with Crippen LogP contribution in [0.25, 0.3) is 0 Å². The predicted molar refractivity (Wildman–Crippen MR) is 49.5 cm³/mol. The largest absolute Gasteiger partial charge is 0.288 e. The second-order valence-electron chi connectivity index (χ2n) is 2.56. The third-order valence-corrected chi connectivity index (χ3v) is 2.21. The molecule has 0 aliphatic heterocycles. The number of hydrogen-bond donors (Lipinski definition) is 0. The molecule has 1 aromatic rings. The molecule has 0 atom stereocenters. The van der Waals surface area contributed by atoms with Gasteiger partial charge in [-0.1, -0.05) is 11.6 Å². The van der Waals surface area contributed by atoms with E-state index >= 15 is 0 Å². The highest BCUT2D eigenvalue weighted by Crippen LogP contribution is 2.33. The van der Waals surface area contributed by atoms with Crippen LogP contribution in [0, 0.1) is 27.2 Å². The molecule has 0 saturated heterocycles. The van der Waals surface area contributed by atoms with Crippen molar-refractivity contribution in [2.45, 2.75) is 6.92 Å². The zero-order chi connectivity index (χ0) is 10.9. The van der Waals surface area contributed by atoms with Crippen molar-refractivity contribution in [3.63, 3.8) is 0 Å². The SMILES string of the molecule is Cc1c([N+](=O)[O-])ccc([N+](=O)[O-])c1Cl. The fourth-order valence-electron chi connectivity index (χ4n) is 0.999. The molecule has 0 N–H and O–H groups in total. The minimum absolute atomic E-state index is 0.103. The quantitative estimate of drug-likeness (QED) is 0.561. The van der Waals surface area contributed by atoms with Crippen LogP contribution in [0.5, 0.6) is 0 Å². The lowest BCUT2D eigenvalue weighted by Crippen LogP contribution is -1.96. The van der Waals surface area contributed by atoms with Crippen molar-refractivity contribution in [3.8, 4) is 0 Å². The second kappa shape index (κ2) is 3.59. The summed E-state index contributed by atoms with van der Waals surface area (Å²) in [6, 6.07) is 2.09. The lowest BCUT2D eigenvalue weighted by atomic mass is 10.2. The number of halogens is 1. The van der Waals surface area contributed by atoms with Gasteiger partial charge in [-0.2, -0.15) is 0 Å². The monoisotopic (exact) mass is 216 g/mol. The molecule has 1 rings (SSSR count). The molecule has 1 aromatic carbocycles. The van der Waals surface area contributed by atoms with Crippen molar-refractivity contribution in [3.05, 3.63) is 42.9 Å². The smallest absolute Gasteiger partial charge is 0.258 e. The van der Waals surface area contributed by atoms with Gasteiger partial charge in [-0.3, -0.25) is 20.2 Å². The van der Waals surface area contributed by atoms with Gasteiger partial charge in [-0.25, -0.2) is 0 Å². The fraction of sp³-hybridized carbons (Fsp3) is 0.143. The van der Waals surface area contributed by atoms with Gasteiger partial charge in [0.15, 0.2) is 0 Å². The van der Waals surface area contributed by atoms with E-state index in [0.29, 0.717) is 0 Å². The molecule has 0 aliphatic rings. The molecule has 7 heteroatoms. The standard InChI is InChI=1S/C7H5ClN2O4/c1-4-5(9(11)12)2-3-6(7(4)8)10(13)14/h2-3H,1H3. The minimum atomic E-state index is -0.681. The third-order valence-electron chi connectivity index (χ3n) is 1.73. The van der Waals surface area contributed by atoms with Crippen molar-refractivity contribution < 1.29 is 9.85 Å². The zero-order valence-electron chi connectivity index (χ0n) is 7.06. The number of rotatable bonds is 2. The molecule has 0 heterocycles. The normalized spacial score (nSPS) is 9.86. The molecular weight excluding hydrogens is 212 g/mol. The van der Waals surface area contributed by atoms with E-state index in [1.54, 1.807) is 0 Å². The highest BCUT2D eigenvalue weighted by molar-refractivity contribution is 6.33. The Hall–Kier alpha value is -1.69. The molecule has 0 unspecified atom stereocenters. The van der Waals surface area contributed by atoms with Crippen molar-refractivity contribution >= 4 is 23.0 Å². The van der Waals surface area contributed by atoms with Crippen LogP contribution in [0.4, 0.5) is 11.4 Å². The summed E-state index contributed by atoms with van der Waals surface area (Å²) in [7, 11) is 0. The van der Waals surface area contributed by atoms with E-state index in [0.717, 1.165) is 12.1 Å². The number of benzene rings is 1. The summed E-state index contributed by atoms with van der Waals surface area (Å²) < 4.78 is 0. The maximum absolute atomic E-state index is 10.4. The van der Waals surface area contributed by atoms with Crippen LogP contribution in [0.2, 0.25) is 5.02 Å². The van der Waals surface area contributed by atoms with E-state index in [9.17, 15) is 20.2 Å². The Kier molecular flexibility index (Phi) is 2.66. The fourth-order valence-corrected chi connectivity index (χ4v) is 1.23. The maximum Gasteiger partial charge on any atom is 0.288 e. The van der Waals surface area contributed by atoms with E-state index in [1.165, 1.54) is 6.92 Å².